The van der Waals surface area contributed by atoms with Crippen LogP contribution in [0.25, 0.3) is 0 Å². The Bertz CT molecular complexity index is 801. The quantitative estimate of drug-likeness (QED) is 0.574. The Hall–Kier alpha value is -1.90. The molecule has 0 aliphatic heterocycles. The van der Waals surface area contributed by atoms with Gasteiger partial charge in [0.2, 0.25) is 0 Å². The first-order chi connectivity index (χ1) is 11.0. The minimum Gasteiger partial charge on any atom is -0.462 e. The molecule has 0 amide bonds. The number of anilines is 2. The van der Waals surface area contributed by atoms with E-state index < -0.39 is 11.8 Å². The molecule has 2 N–H and O–H groups in total. The number of H-pyrrole nitrogens is 1. The third kappa shape index (κ3) is 2.97. The molecule has 0 atom stereocenters. The number of carbonyl (C=O) groups is 2. The van der Waals surface area contributed by atoms with Gasteiger partial charge in [0.15, 0.2) is 5.78 Å². The van der Waals surface area contributed by atoms with Crippen LogP contribution in [0.2, 0.25) is 0 Å². The van der Waals surface area contributed by atoms with Crippen molar-refractivity contribution in [1.82, 2.24) is 4.98 Å². The molecule has 5 nitrogen and oxygen atoms in total. The van der Waals surface area contributed by atoms with E-state index in [2.05, 4.69) is 10.3 Å². The van der Waals surface area contributed by atoms with Crippen LogP contribution in [0.3, 0.4) is 0 Å². The highest BCUT2D eigenvalue weighted by Gasteiger charge is 2.31. The summed E-state index contributed by atoms with van der Waals surface area (Å²) >= 11 is 2.01. The summed E-state index contributed by atoms with van der Waals surface area (Å²) in [6.07, 6.45) is 0.849. The lowest BCUT2D eigenvalue weighted by molar-refractivity contribution is 0.0526. The van der Waals surface area contributed by atoms with Crippen molar-refractivity contribution in [2.75, 3.05) is 11.9 Å². The van der Waals surface area contributed by atoms with Crippen molar-refractivity contribution in [3.63, 3.8) is 0 Å². The number of benzene rings is 1. The minimum atomic E-state index is -0.520. The molecule has 1 aromatic heterocycles. The molecule has 0 saturated carbocycles. The number of nitrogens with one attached hydrogen (secondary N) is 2. The third-order valence-electron chi connectivity index (χ3n) is 3.65. The Morgan fingerprint density at radius 1 is 1.43 bits per heavy atom. The fourth-order valence-corrected chi connectivity index (χ4v) is 3.09. The maximum absolute atomic E-state index is 14.0. The molecule has 0 fully saturated rings. The number of Topliss-reactive ketones (excluding diaryl/α,β-unsaturated/α-hetero) is 1. The Morgan fingerprint density at radius 3 is 2.91 bits per heavy atom. The van der Waals surface area contributed by atoms with Crippen LogP contribution in [-0.2, 0) is 11.2 Å². The van der Waals surface area contributed by atoms with Crippen LogP contribution in [-0.4, -0.2) is 23.3 Å². The second-order valence-corrected chi connectivity index (χ2v) is 6.37. The smallest absolute Gasteiger partial charge is 0.342 e. The number of aromatic amines is 1. The van der Waals surface area contributed by atoms with Crippen LogP contribution < -0.4 is 5.32 Å². The van der Waals surface area contributed by atoms with Crippen molar-refractivity contribution in [3.8, 4) is 0 Å². The van der Waals surface area contributed by atoms with Crippen LogP contribution in [0.4, 0.5) is 15.9 Å². The first-order valence-corrected chi connectivity index (χ1v) is 8.26. The summed E-state index contributed by atoms with van der Waals surface area (Å²) in [6.45, 7) is 1.94. The zero-order chi connectivity index (χ0) is 16.6. The number of halogens is 2. The van der Waals surface area contributed by atoms with Gasteiger partial charge in [0.25, 0.3) is 0 Å². The van der Waals surface area contributed by atoms with Gasteiger partial charge in [-0.2, -0.15) is 0 Å². The molecule has 0 spiro atoms. The molecule has 1 aliphatic rings. The lowest BCUT2D eigenvalue weighted by Gasteiger charge is -2.10. The molecule has 120 valence electrons. The zero-order valence-corrected chi connectivity index (χ0v) is 14.5. The van der Waals surface area contributed by atoms with Gasteiger partial charge in [0.05, 0.1) is 18.0 Å². The molecule has 0 radical (unpaired) electrons. The van der Waals surface area contributed by atoms with Crippen LogP contribution in [0.5, 0.6) is 0 Å². The summed E-state index contributed by atoms with van der Waals surface area (Å²) in [5.74, 6) is -0.718. The first-order valence-electron chi connectivity index (χ1n) is 7.18. The third-order valence-corrected chi connectivity index (χ3v) is 4.33. The molecule has 0 saturated heterocycles. The van der Waals surface area contributed by atoms with Crippen LogP contribution >= 0.6 is 22.6 Å². The van der Waals surface area contributed by atoms with Gasteiger partial charge in [-0.05, 0) is 59.7 Å². The van der Waals surface area contributed by atoms with E-state index in [-0.39, 0.29) is 23.6 Å². The molecular formula is C16H14FIN2O3. The second kappa shape index (κ2) is 6.31. The largest absolute Gasteiger partial charge is 0.462 e. The molecule has 2 aromatic rings. The summed E-state index contributed by atoms with van der Waals surface area (Å²) in [4.78, 5) is 27.0. The number of fused-ring (bicyclic) bond motifs is 1. The molecule has 3 rings (SSSR count). The maximum Gasteiger partial charge on any atom is 0.342 e. The molecule has 23 heavy (non-hydrogen) atoms. The van der Waals surface area contributed by atoms with Crippen molar-refractivity contribution < 1.29 is 18.7 Å². The van der Waals surface area contributed by atoms with Gasteiger partial charge in [-0.3, -0.25) is 4.79 Å². The van der Waals surface area contributed by atoms with E-state index in [4.69, 9.17) is 4.74 Å². The predicted molar refractivity (Wildman–Crippen MR) is 91.8 cm³/mol. The lowest BCUT2D eigenvalue weighted by atomic mass is 10.1. The molecule has 1 heterocycles. The minimum absolute atomic E-state index is 0.0540. The van der Waals surface area contributed by atoms with Crippen molar-refractivity contribution in [2.24, 2.45) is 0 Å². The van der Waals surface area contributed by atoms with E-state index >= 15 is 0 Å². The maximum atomic E-state index is 14.0. The van der Waals surface area contributed by atoms with Crippen molar-refractivity contribution in [2.45, 2.75) is 19.8 Å². The van der Waals surface area contributed by atoms with Crippen LogP contribution in [0.1, 0.15) is 39.8 Å². The highest BCUT2D eigenvalue weighted by molar-refractivity contribution is 14.1. The summed E-state index contributed by atoms with van der Waals surface area (Å²) in [5, 5.41) is 2.87. The highest BCUT2D eigenvalue weighted by Crippen LogP contribution is 2.33. The van der Waals surface area contributed by atoms with Crippen molar-refractivity contribution in [3.05, 3.63) is 44.4 Å². The van der Waals surface area contributed by atoms with Crippen LogP contribution in [0.15, 0.2) is 18.2 Å². The first kappa shape index (κ1) is 16.0. The van der Waals surface area contributed by atoms with Crippen molar-refractivity contribution >= 4 is 45.8 Å². The van der Waals surface area contributed by atoms with Gasteiger partial charge in [-0.15, -0.1) is 0 Å². The van der Waals surface area contributed by atoms with Gasteiger partial charge in [0.1, 0.15) is 17.2 Å². The summed E-state index contributed by atoms with van der Waals surface area (Å²) in [7, 11) is 0. The number of hydrogen-bond donors (Lipinski definition) is 2. The monoisotopic (exact) mass is 428 g/mol. The number of hydrogen-bond acceptors (Lipinski definition) is 4. The number of esters is 1. The Balaban J connectivity index is 2.03. The number of carbonyl (C=O) groups excluding carboxylic acids is 2. The average Bonchev–Trinajstić information content (AvgIpc) is 3.02. The molecule has 7 heteroatoms. The van der Waals surface area contributed by atoms with Gasteiger partial charge in [-0.1, -0.05) is 0 Å². The van der Waals surface area contributed by atoms with E-state index in [1.807, 2.05) is 22.6 Å². The van der Waals surface area contributed by atoms with E-state index in [9.17, 15) is 14.0 Å². The van der Waals surface area contributed by atoms with Crippen molar-refractivity contribution in [1.29, 1.82) is 0 Å². The lowest BCUT2D eigenvalue weighted by Crippen LogP contribution is -2.09. The van der Waals surface area contributed by atoms with Gasteiger partial charge >= 0.3 is 5.97 Å². The molecular weight excluding hydrogens is 414 g/mol. The molecule has 0 bridgehead atoms. The van der Waals surface area contributed by atoms with E-state index in [0.29, 0.717) is 29.9 Å². The summed E-state index contributed by atoms with van der Waals surface area (Å²) in [5.41, 5.74) is 1.55. The SMILES string of the molecule is CCOC(=O)c1c(Nc2ccc(I)cc2F)[nH]c2c1CCC2=O. The Labute approximate surface area is 145 Å². The number of aromatic nitrogens is 1. The average molecular weight is 428 g/mol. The Kier molecular flexibility index (Phi) is 4.38. The molecule has 0 unspecified atom stereocenters. The fraction of sp³-hybridized carbons (Fsp3) is 0.250. The summed E-state index contributed by atoms with van der Waals surface area (Å²) in [6, 6.07) is 4.71. The number of ether oxygens (including phenoxy) is 1. The van der Waals surface area contributed by atoms with E-state index in [1.54, 1.807) is 19.1 Å². The second-order valence-electron chi connectivity index (χ2n) is 5.12. The summed E-state index contributed by atoms with van der Waals surface area (Å²) < 4.78 is 19.9. The normalized spacial score (nSPS) is 13.1. The molecule has 1 aromatic carbocycles. The molecule has 1 aliphatic carbocycles. The van der Waals surface area contributed by atoms with Gasteiger partial charge in [0, 0.05) is 9.99 Å². The Morgan fingerprint density at radius 2 is 2.22 bits per heavy atom. The van der Waals surface area contributed by atoms with Gasteiger partial charge in [-0.25, -0.2) is 9.18 Å². The predicted octanol–water partition coefficient (Wildman–Crippen LogP) is 3.81. The number of ketones is 1. The number of rotatable bonds is 4. The zero-order valence-electron chi connectivity index (χ0n) is 12.3. The topological polar surface area (TPSA) is 71.2 Å². The standard InChI is InChI=1S/C16H14FIN2O3/c1-2-23-16(22)13-9-4-6-12(21)14(9)20-15(13)19-11-5-3-8(18)7-10(11)17/h3,5,7,19-20H,2,4,6H2,1H3. The van der Waals surface area contributed by atoms with E-state index in [1.165, 1.54) is 6.07 Å². The van der Waals surface area contributed by atoms with Gasteiger partial charge < -0.3 is 15.0 Å². The van der Waals surface area contributed by atoms with E-state index in [0.717, 1.165) is 3.57 Å². The highest BCUT2D eigenvalue weighted by atomic mass is 127. The fourth-order valence-electron chi connectivity index (χ4n) is 2.64. The van der Waals surface area contributed by atoms with Crippen LogP contribution in [0, 0.1) is 9.39 Å².